The molecule has 2 aromatic carbocycles. The first-order valence-corrected chi connectivity index (χ1v) is 8.34. The zero-order valence-electron chi connectivity index (χ0n) is 12.9. The summed E-state index contributed by atoms with van der Waals surface area (Å²) in [5, 5.41) is 11.1. The average Bonchev–Trinajstić information content (AvgIpc) is 2.57. The smallest absolute Gasteiger partial charge is 0.335 e. The summed E-state index contributed by atoms with van der Waals surface area (Å²) < 4.78 is 0.952. The molecule has 0 spiro atoms. The fraction of sp³-hybridized carbons (Fsp3) is 0. The SMILES string of the molecule is O=c1[nH]c(=O)n(-c2ccccc2)c(O)c1C=Nc1c(Cl)cc(Cl)cc1Cl. The minimum absolute atomic E-state index is 0.172. The van der Waals surface area contributed by atoms with E-state index in [0.717, 1.165) is 10.8 Å². The predicted molar refractivity (Wildman–Crippen MR) is 103 cm³/mol. The van der Waals surface area contributed by atoms with E-state index in [0.29, 0.717) is 10.7 Å². The molecule has 1 heterocycles. The summed E-state index contributed by atoms with van der Waals surface area (Å²) >= 11 is 17.9. The molecule has 0 fully saturated rings. The van der Waals surface area contributed by atoms with Crippen LogP contribution in [0, 0.1) is 0 Å². The lowest BCUT2D eigenvalue weighted by Crippen LogP contribution is -2.31. The molecule has 0 bridgehead atoms. The van der Waals surface area contributed by atoms with Gasteiger partial charge in [0, 0.05) is 11.2 Å². The van der Waals surface area contributed by atoms with Gasteiger partial charge in [-0.1, -0.05) is 53.0 Å². The molecule has 0 unspecified atom stereocenters. The van der Waals surface area contributed by atoms with Crippen molar-refractivity contribution in [1.82, 2.24) is 9.55 Å². The maximum absolute atomic E-state index is 12.1. The highest BCUT2D eigenvalue weighted by molar-refractivity contribution is 6.41. The fourth-order valence-electron chi connectivity index (χ4n) is 2.26. The number of nitrogens with zero attached hydrogens (tertiary/aromatic N) is 2. The van der Waals surface area contributed by atoms with E-state index in [-0.39, 0.29) is 21.3 Å². The van der Waals surface area contributed by atoms with Crippen molar-refractivity contribution in [1.29, 1.82) is 0 Å². The van der Waals surface area contributed by atoms with E-state index in [2.05, 4.69) is 9.98 Å². The molecule has 0 aliphatic rings. The summed E-state index contributed by atoms with van der Waals surface area (Å²) in [4.78, 5) is 30.4. The first-order chi connectivity index (χ1) is 12.4. The Morgan fingerprint density at radius 1 is 1.04 bits per heavy atom. The van der Waals surface area contributed by atoms with Gasteiger partial charge in [0.2, 0.25) is 5.88 Å². The van der Waals surface area contributed by atoms with E-state index in [4.69, 9.17) is 34.8 Å². The number of aromatic nitrogens is 2. The van der Waals surface area contributed by atoms with Crippen LogP contribution in [0.15, 0.2) is 57.0 Å². The third kappa shape index (κ3) is 3.53. The van der Waals surface area contributed by atoms with Crippen LogP contribution >= 0.6 is 34.8 Å². The van der Waals surface area contributed by atoms with Crippen molar-refractivity contribution in [3.63, 3.8) is 0 Å². The molecule has 0 amide bonds. The van der Waals surface area contributed by atoms with Crippen LogP contribution in [0.2, 0.25) is 15.1 Å². The molecule has 3 rings (SSSR count). The van der Waals surface area contributed by atoms with Gasteiger partial charge in [-0.3, -0.25) is 14.8 Å². The number of para-hydroxylation sites is 1. The highest BCUT2D eigenvalue weighted by atomic mass is 35.5. The second-order valence-corrected chi connectivity index (χ2v) is 6.39. The summed E-state index contributed by atoms with van der Waals surface area (Å²) in [5.74, 6) is -0.560. The maximum atomic E-state index is 12.1. The molecule has 0 atom stereocenters. The van der Waals surface area contributed by atoms with Crippen molar-refractivity contribution >= 4 is 46.7 Å². The molecular formula is C17H10Cl3N3O3. The first-order valence-electron chi connectivity index (χ1n) is 7.21. The molecule has 9 heteroatoms. The molecule has 0 saturated heterocycles. The van der Waals surface area contributed by atoms with Crippen LogP contribution in [0.4, 0.5) is 5.69 Å². The molecule has 0 radical (unpaired) electrons. The van der Waals surface area contributed by atoms with Crippen LogP contribution in [-0.4, -0.2) is 20.9 Å². The van der Waals surface area contributed by atoms with E-state index in [1.54, 1.807) is 30.3 Å². The van der Waals surface area contributed by atoms with E-state index >= 15 is 0 Å². The van der Waals surface area contributed by atoms with Crippen molar-refractivity contribution < 1.29 is 5.11 Å². The zero-order chi connectivity index (χ0) is 18.8. The molecule has 0 saturated carbocycles. The number of aliphatic imine (C=N–C) groups is 1. The van der Waals surface area contributed by atoms with Gasteiger partial charge in [-0.05, 0) is 24.3 Å². The van der Waals surface area contributed by atoms with E-state index in [1.165, 1.54) is 12.1 Å². The summed E-state index contributed by atoms with van der Waals surface area (Å²) in [6.07, 6.45) is 1.08. The Bertz CT molecular complexity index is 1100. The largest absolute Gasteiger partial charge is 0.493 e. The van der Waals surface area contributed by atoms with Crippen LogP contribution in [-0.2, 0) is 0 Å². The number of aromatic hydroxyl groups is 1. The van der Waals surface area contributed by atoms with Crippen LogP contribution in [0.1, 0.15) is 5.56 Å². The molecule has 132 valence electrons. The standard InChI is InChI=1S/C17H10Cl3N3O3/c18-9-6-12(19)14(13(20)7-9)21-8-11-15(24)22-17(26)23(16(11)25)10-4-2-1-3-5-10/h1-8,25H,(H,22,24,26). The third-order valence-corrected chi connectivity index (χ3v) is 4.23. The molecule has 2 N–H and O–H groups in total. The number of hydrogen-bond acceptors (Lipinski definition) is 4. The van der Waals surface area contributed by atoms with Crippen LogP contribution in [0.25, 0.3) is 5.69 Å². The third-order valence-electron chi connectivity index (χ3n) is 3.44. The molecule has 1 aromatic heterocycles. The normalized spacial score (nSPS) is 11.2. The molecule has 0 aliphatic heterocycles. The molecule has 0 aliphatic carbocycles. The monoisotopic (exact) mass is 409 g/mol. The molecule has 6 nitrogen and oxygen atoms in total. The lowest BCUT2D eigenvalue weighted by Gasteiger charge is -2.09. The quantitative estimate of drug-likeness (QED) is 0.641. The van der Waals surface area contributed by atoms with Crippen molar-refractivity contribution in [2.45, 2.75) is 0 Å². The Morgan fingerprint density at radius 2 is 1.65 bits per heavy atom. The second-order valence-electron chi connectivity index (χ2n) is 5.14. The van der Waals surface area contributed by atoms with Gasteiger partial charge >= 0.3 is 5.69 Å². The van der Waals surface area contributed by atoms with Gasteiger partial charge in [0.1, 0.15) is 11.3 Å². The van der Waals surface area contributed by atoms with Crippen LogP contribution < -0.4 is 11.2 Å². The van der Waals surface area contributed by atoms with Crippen molar-refractivity contribution in [2.24, 2.45) is 4.99 Å². The highest BCUT2D eigenvalue weighted by Gasteiger charge is 2.14. The summed E-state index contributed by atoms with van der Waals surface area (Å²) in [6, 6.07) is 11.2. The summed E-state index contributed by atoms with van der Waals surface area (Å²) in [5.41, 5.74) is -1.25. The lowest BCUT2D eigenvalue weighted by molar-refractivity contribution is 0.430. The number of hydrogen-bond donors (Lipinski definition) is 2. The average molecular weight is 411 g/mol. The minimum atomic E-state index is -0.801. The number of benzene rings is 2. The van der Waals surface area contributed by atoms with Gasteiger partial charge in [-0.25, -0.2) is 9.36 Å². The Hall–Kier alpha value is -2.54. The number of H-pyrrole nitrogens is 1. The zero-order valence-corrected chi connectivity index (χ0v) is 15.2. The summed E-state index contributed by atoms with van der Waals surface area (Å²) in [7, 11) is 0. The Labute approximate surface area is 161 Å². The number of rotatable bonds is 3. The molecule has 3 aromatic rings. The first kappa shape index (κ1) is 18.3. The van der Waals surface area contributed by atoms with Gasteiger partial charge in [0.05, 0.1) is 15.7 Å². The van der Waals surface area contributed by atoms with Gasteiger partial charge in [0.15, 0.2) is 0 Å². The van der Waals surface area contributed by atoms with E-state index < -0.39 is 17.1 Å². The Balaban J connectivity index is 2.15. The molecular weight excluding hydrogens is 401 g/mol. The van der Waals surface area contributed by atoms with Crippen LogP contribution in [0.3, 0.4) is 0 Å². The van der Waals surface area contributed by atoms with Crippen molar-refractivity contribution in [3.8, 4) is 11.6 Å². The van der Waals surface area contributed by atoms with Crippen molar-refractivity contribution in [3.05, 3.63) is 83.9 Å². The van der Waals surface area contributed by atoms with Crippen molar-refractivity contribution in [2.75, 3.05) is 0 Å². The van der Waals surface area contributed by atoms with Gasteiger partial charge in [-0.15, -0.1) is 0 Å². The lowest BCUT2D eigenvalue weighted by atomic mass is 10.3. The number of aromatic amines is 1. The van der Waals surface area contributed by atoms with Gasteiger partial charge in [-0.2, -0.15) is 0 Å². The van der Waals surface area contributed by atoms with E-state index in [1.807, 2.05) is 0 Å². The van der Waals surface area contributed by atoms with Gasteiger partial charge < -0.3 is 5.11 Å². The summed E-state index contributed by atoms with van der Waals surface area (Å²) in [6.45, 7) is 0. The predicted octanol–water partition coefficient (Wildman–Crippen LogP) is 3.94. The van der Waals surface area contributed by atoms with Gasteiger partial charge in [0.25, 0.3) is 5.56 Å². The Morgan fingerprint density at radius 3 is 2.27 bits per heavy atom. The van der Waals surface area contributed by atoms with Crippen LogP contribution in [0.5, 0.6) is 5.88 Å². The topological polar surface area (TPSA) is 87.5 Å². The molecule has 26 heavy (non-hydrogen) atoms. The fourth-order valence-corrected chi connectivity index (χ4v) is 3.17. The Kier molecular flexibility index (Phi) is 5.18. The number of nitrogens with one attached hydrogen (secondary N) is 1. The minimum Gasteiger partial charge on any atom is -0.493 e. The maximum Gasteiger partial charge on any atom is 0.335 e. The highest BCUT2D eigenvalue weighted by Crippen LogP contribution is 2.35. The number of halogens is 3. The second kappa shape index (κ2) is 7.37. The van der Waals surface area contributed by atoms with E-state index in [9.17, 15) is 14.7 Å².